The number of esters is 4. The van der Waals surface area contributed by atoms with Crippen molar-refractivity contribution in [2.75, 3.05) is 39.6 Å². The minimum atomic E-state index is -4.95. The Bertz CT molecular complexity index is 1740. The Morgan fingerprint density at radius 2 is 0.511 bits per heavy atom. The van der Waals surface area contributed by atoms with Crippen LogP contribution in [0.4, 0.5) is 0 Å². The summed E-state index contributed by atoms with van der Waals surface area (Å²) >= 11 is 0. The van der Waals surface area contributed by atoms with Gasteiger partial charge in [0.25, 0.3) is 0 Å². The van der Waals surface area contributed by atoms with Gasteiger partial charge in [0.05, 0.1) is 26.4 Å². The van der Waals surface area contributed by atoms with Gasteiger partial charge in [-0.15, -0.1) is 0 Å². The van der Waals surface area contributed by atoms with Gasteiger partial charge in [-0.3, -0.25) is 37.3 Å². The fourth-order valence-electron chi connectivity index (χ4n) is 10.8. The normalized spacial score (nSPS) is 14.1. The van der Waals surface area contributed by atoms with Gasteiger partial charge in [-0.05, 0) is 31.6 Å². The molecule has 2 unspecified atom stereocenters. The highest BCUT2D eigenvalue weighted by Gasteiger charge is 2.30. The minimum Gasteiger partial charge on any atom is -0.462 e. The molecule has 0 aliphatic heterocycles. The summed E-state index contributed by atoms with van der Waals surface area (Å²) in [4.78, 5) is 72.2. The maximum absolute atomic E-state index is 13.0. The Labute approximate surface area is 549 Å². The lowest BCUT2D eigenvalue weighted by Crippen LogP contribution is -2.30. The van der Waals surface area contributed by atoms with Crippen molar-refractivity contribution < 1.29 is 80.2 Å². The molecule has 0 aromatic carbocycles. The second kappa shape index (κ2) is 64.4. The lowest BCUT2D eigenvalue weighted by molar-refractivity contribution is -0.161. The van der Waals surface area contributed by atoms with E-state index in [9.17, 15) is 43.2 Å². The zero-order valence-electron chi connectivity index (χ0n) is 58.3. The molecule has 90 heavy (non-hydrogen) atoms. The average molecular weight is 1330 g/mol. The van der Waals surface area contributed by atoms with Crippen molar-refractivity contribution in [1.82, 2.24) is 0 Å². The molecule has 0 bridgehead atoms. The molecule has 0 aliphatic rings. The Morgan fingerprint density at radius 1 is 0.300 bits per heavy atom. The van der Waals surface area contributed by atoms with E-state index >= 15 is 0 Å². The molecule has 0 rings (SSSR count). The van der Waals surface area contributed by atoms with E-state index in [0.29, 0.717) is 25.7 Å². The predicted molar refractivity (Wildman–Crippen MR) is 363 cm³/mol. The van der Waals surface area contributed by atoms with Gasteiger partial charge in [-0.1, -0.05) is 317 Å². The summed E-state index contributed by atoms with van der Waals surface area (Å²) in [6.45, 7) is 7.15. The van der Waals surface area contributed by atoms with Gasteiger partial charge >= 0.3 is 39.5 Å². The summed E-state index contributed by atoms with van der Waals surface area (Å²) < 4.78 is 68.0. The van der Waals surface area contributed by atoms with Crippen LogP contribution in [-0.2, 0) is 65.4 Å². The van der Waals surface area contributed by atoms with Crippen LogP contribution < -0.4 is 0 Å². The molecule has 0 heterocycles. The quantitative estimate of drug-likeness (QED) is 0.0222. The lowest BCUT2D eigenvalue weighted by Gasteiger charge is -2.21. The maximum atomic E-state index is 13.0. The van der Waals surface area contributed by atoms with Gasteiger partial charge in [-0.25, -0.2) is 9.13 Å². The molecule has 0 saturated heterocycles. The predicted octanol–water partition coefficient (Wildman–Crippen LogP) is 20.5. The largest absolute Gasteiger partial charge is 0.472 e. The number of carbonyl (C=O) groups excluding carboxylic acids is 4. The highest BCUT2D eigenvalue weighted by Crippen LogP contribution is 2.45. The zero-order chi connectivity index (χ0) is 66.3. The number of rotatable bonds is 71. The van der Waals surface area contributed by atoms with E-state index in [1.165, 1.54) is 186 Å². The van der Waals surface area contributed by atoms with Crippen LogP contribution in [0.15, 0.2) is 0 Å². The number of carbonyl (C=O) groups is 4. The molecule has 19 heteroatoms. The van der Waals surface area contributed by atoms with Crippen molar-refractivity contribution in [3.63, 3.8) is 0 Å². The van der Waals surface area contributed by atoms with Gasteiger partial charge in [0.2, 0.25) is 0 Å². The molecule has 0 aromatic heterocycles. The van der Waals surface area contributed by atoms with Crippen molar-refractivity contribution in [2.24, 2.45) is 5.92 Å². The first-order valence-electron chi connectivity index (χ1n) is 37.1. The first-order valence-corrected chi connectivity index (χ1v) is 40.1. The Morgan fingerprint density at radius 3 is 0.756 bits per heavy atom. The smallest absolute Gasteiger partial charge is 0.462 e. The minimum absolute atomic E-state index is 0.105. The Balaban J connectivity index is 5.10. The third kappa shape index (κ3) is 64.8. The molecular formula is C71H138O17P2. The molecule has 0 radical (unpaired) electrons. The van der Waals surface area contributed by atoms with Crippen LogP contribution in [0.1, 0.15) is 369 Å². The summed E-state index contributed by atoms with van der Waals surface area (Å²) in [5.74, 6) is -1.35. The van der Waals surface area contributed by atoms with E-state index in [2.05, 4.69) is 34.6 Å². The van der Waals surface area contributed by atoms with Crippen LogP contribution in [0.5, 0.6) is 0 Å². The molecule has 0 amide bonds. The van der Waals surface area contributed by atoms with E-state index < -0.39 is 97.5 Å². The molecule has 0 spiro atoms. The average Bonchev–Trinajstić information content (AvgIpc) is 3.70. The monoisotopic (exact) mass is 1320 g/mol. The van der Waals surface area contributed by atoms with Crippen LogP contribution in [-0.4, -0.2) is 96.7 Å². The summed E-state index contributed by atoms with van der Waals surface area (Å²) in [5, 5.41) is 10.5. The number of phosphoric acid groups is 2. The van der Waals surface area contributed by atoms with E-state index in [1.54, 1.807) is 0 Å². The van der Waals surface area contributed by atoms with Crippen molar-refractivity contribution in [3.8, 4) is 0 Å². The van der Waals surface area contributed by atoms with Gasteiger partial charge in [-0.2, -0.15) is 0 Å². The van der Waals surface area contributed by atoms with Crippen LogP contribution in [0, 0.1) is 5.92 Å². The molecule has 534 valence electrons. The van der Waals surface area contributed by atoms with Crippen molar-refractivity contribution >= 4 is 39.5 Å². The highest BCUT2D eigenvalue weighted by atomic mass is 31.2. The summed E-state index contributed by atoms with van der Waals surface area (Å²) in [5.41, 5.74) is 0. The van der Waals surface area contributed by atoms with E-state index in [4.69, 9.17) is 37.0 Å². The Kier molecular flexibility index (Phi) is 63.0. The molecule has 5 atom stereocenters. The van der Waals surface area contributed by atoms with Crippen molar-refractivity contribution in [2.45, 2.75) is 387 Å². The van der Waals surface area contributed by atoms with E-state index in [-0.39, 0.29) is 25.7 Å². The molecule has 0 saturated carbocycles. The van der Waals surface area contributed by atoms with Gasteiger partial charge < -0.3 is 33.8 Å². The van der Waals surface area contributed by atoms with Gasteiger partial charge in [0, 0.05) is 25.7 Å². The fourth-order valence-corrected chi connectivity index (χ4v) is 12.4. The topological polar surface area (TPSA) is 237 Å². The number of aliphatic hydroxyl groups excluding tert-OH is 1. The first kappa shape index (κ1) is 88.1. The molecule has 0 fully saturated rings. The molecule has 0 aromatic rings. The van der Waals surface area contributed by atoms with Crippen LogP contribution in [0.25, 0.3) is 0 Å². The standard InChI is InChI=1S/C71H138O17P2/c1-6-9-12-15-17-19-20-21-22-23-24-25-26-27-28-29-34-38-42-47-52-57-71(76)88-67(61-82-69(74)55-50-45-40-37-33-31-30-32-36-39-44-48-53-64(4)5)63-86-90(79,80)84-59-65(72)58-83-89(77,78)85-62-66(60-81-68(73)54-49-43-14-11-8-3)87-70(75)56-51-46-41-35-18-16-13-10-7-2/h64-67,72H,6-63H2,1-5H3,(H,77,78)(H,79,80)/t65-,66+,67+/m0/s1. The third-order valence-corrected chi connectivity index (χ3v) is 18.4. The van der Waals surface area contributed by atoms with Crippen LogP contribution >= 0.6 is 15.6 Å². The van der Waals surface area contributed by atoms with Gasteiger partial charge in [0.1, 0.15) is 19.3 Å². The number of unbranched alkanes of at least 4 members (excludes halogenated alkanes) is 43. The molecular weight excluding hydrogens is 1190 g/mol. The van der Waals surface area contributed by atoms with E-state index in [0.717, 1.165) is 102 Å². The second-order valence-corrected chi connectivity index (χ2v) is 29.0. The lowest BCUT2D eigenvalue weighted by atomic mass is 10.0. The third-order valence-electron chi connectivity index (χ3n) is 16.5. The first-order chi connectivity index (χ1) is 43.5. The van der Waals surface area contributed by atoms with Crippen LogP contribution in [0.2, 0.25) is 0 Å². The summed E-state index contributed by atoms with van der Waals surface area (Å²) in [6, 6.07) is 0. The van der Waals surface area contributed by atoms with E-state index in [1.807, 2.05) is 0 Å². The number of hydrogen-bond donors (Lipinski definition) is 3. The SMILES string of the molecule is CCCCCCCCCCCCCCCCCCCCCCCC(=O)O[C@H](COC(=O)CCCCCCCCCCCCCCC(C)C)COP(=O)(O)OC[C@@H](O)COP(=O)(O)OC[C@@H](COC(=O)CCCCCCC)OC(=O)CCCCCCCCCCC. The fraction of sp³-hybridized carbons (Fsp3) is 0.944. The molecule has 17 nitrogen and oxygen atoms in total. The van der Waals surface area contributed by atoms with Crippen molar-refractivity contribution in [1.29, 1.82) is 0 Å². The number of ether oxygens (including phenoxy) is 4. The number of hydrogen-bond acceptors (Lipinski definition) is 15. The Hall–Kier alpha value is -1.94. The molecule has 0 aliphatic carbocycles. The number of aliphatic hydroxyl groups is 1. The summed E-state index contributed by atoms with van der Waals surface area (Å²) in [7, 11) is -9.89. The molecule has 3 N–H and O–H groups in total. The number of phosphoric ester groups is 2. The highest BCUT2D eigenvalue weighted by molar-refractivity contribution is 7.47. The van der Waals surface area contributed by atoms with Gasteiger partial charge in [0.15, 0.2) is 12.2 Å². The summed E-state index contributed by atoms with van der Waals surface area (Å²) in [6.07, 6.45) is 51.9. The van der Waals surface area contributed by atoms with Crippen molar-refractivity contribution in [3.05, 3.63) is 0 Å². The van der Waals surface area contributed by atoms with Crippen LogP contribution in [0.3, 0.4) is 0 Å². The maximum Gasteiger partial charge on any atom is 0.472 e. The zero-order valence-corrected chi connectivity index (χ0v) is 60.1. The second-order valence-electron chi connectivity index (χ2n) is 26.1.